The Morgan fingerprint density at radius 3 is 2.53 bits per heavy atom. The molecule has 0 radical (unpaired) electrons. The van der Waals surface area contributed by atoms with Gasteiger partial charge in [0, 0.05) is 30.8 Å². The molecule has 4 heterocycles. The molecule has 2 aliphatic rings. The fraction of sp³-hybridized carbons (Fsp3) is 0.326. The molecular weight excluding hydrogens is 815 g/mol. The summed E-state index contributed by atoms with van der Waals surface area (Å²) < 4.78 is 23.7. The summed E-state index contributed by atoms with van der Waals surface area (Å²) in [5.74, 6) is -2.89. The second kappa shape index (κ2) is 18.7. The molecule has 9 atom stereocenters. The van der Waals surface area contributed by atoms with Crippen LogP contribution in [0.25, 0.3) is 28.2 Å². The molecule has 17 heteroatoms. The molecule has 0 unspecified atom stereocenters. The number of benzene rings is 3. The molecule has 9 N–H and O–H groups in total. The minimum absolute atomic E-state index is 0.0109. The number of phenolic OH excluding ortho intramolecular Hbond substituents is 1. The number of aromatic nitrogens is 1. The number of ether oxygens (including phenoxy) is 3. The number of primary amides is 1. The lowest BCUT2D eigenvalue weighted by atomic mass is 9.78. The summed E-state index contributed by atoms with van der Waals surface area (Å²) >= 11 is 0. The van der Waals surface area contributed by atoms with E-state index < -0.39 is 59.5 Å². The van der Waals surface area contributed by atoms with Crippen molar-refractivity contribution < 1.29 is 53.7 Å². The van der Waals surface area contributed by atoms with Crippen LogP contribution >= 0.6 is 21.6 Å². The fourth-order valence-corrected chi connectivity index (χ4v) is 9.82. The third-order valence-electron chi connectivity index (χ3n) is 11.0. The van der Waals surface area contributed by atoms with Gasteiger partial charge in [0.1, 0.15) is 41.5 Å². The zero-order valence-corrected chi connectivity index (χ0v) is 33.9. The number of carboxylic acid groups (broad SMARTS) is 1. The van der Waals surface area contributed by atoms with Crippen LogP contribution in [0.4, 0.5) is 0 Å². The second-order valence-corrected chi connectivity index (χ2v) is 17.2. The Morgan fingerprint density at radius 2 is 1.83 bits per heavy atom. The maximum absolute atomic E-state index is 13.8. The Balaban J connectivity index is 1.23. The Bertz CT molecular complexity index is 2360. The number of rotatable bonds is 10. The maximum Gasteiger partial charge on any atom is 0.335 e. The molecule has 7 rings (SSSR count). The molecular formula is C43H45N3O12S2. The van der Waals surface area contributed by atoms with Crippen LogP contribution in [0.2, 0.25) is 0 Å². The highest BCUT2D eigenvalue weighted by atomic mass is 33.1. The molecule has 15 nitrogen and oxygen atoms in total. The number of nitrogens with two attached hydrogens (primary N) is 1. The average Bonchev–Trinajstić information content (AvgIpc) is 3.77. The summed E-state index contributed by atoms with van der Waals surface area (Å²) in [5, 5.41) is 59.0. The highest BCUT2D eigenvalue weighted by molar-refractivity contribution is 8.76. The van der Waals surface area contributed by atoms with E-state index >= 15 is 0 Å². The lowest BCUT2D eigenvalue weighted by Gasteiger charge is -2.50. The number of allylic oxidation sites excluding steroid dienone is 1. The molecule has 0 spiro atoms. The highest BCUT2D eigenvalue weighted by Crippen LogP contribution is 2.42. The largest absolute Gasteiger partial charge is 0.508 e. The number of aromatic hydroxyl groups is 1. The van der Waals surface area contributed by atoms with Gasteiger partial charge in [-0.1, -0.05) is 83.1 Å². The molecule has 60 heavy (non-hydrogen) atoms. The van der Waals surface area contributed by atoms with Crippen molar-refractivity contribution in [1.82, 2.24) is 10.3 Å². The average molecular weight is 860 g/mol. The number of amides is 1. The van der Waals surface area contributed by atoms with Crippen molar-refractivity contribution in [3.05, 3.63) is 124 Å². The number of aliphatic hydroxyl groups is 3. The monoisotopic (exact) mass is 859 g/mol. The molecule has 2 aliphatic heterocycles. The number of aliphatic carboxylic acids is 1. The van der Waals surface area contributed by atoms with Crippen molar-refractivity contribution in [3.8, 4) is 22.6 Å². The number of hydrogen-bond acceptors (Lipinski definition) is 14. The van der Waals surface area contributed by atoms with Crippen LogP contribution in [0.15, 0.2) is 107 Å². The molecule has 0 bridgehead atoms. The smallest absolute Gasteiger partial charge is 0.335 e. The van der Waals surface area contributed by atoms with Crippen molar-refractivity contribution in [2.45, 2.75) is 55.7 Å². The van der Waals surface area contributed by atoms with Crippen LogP contribution in [0, 0.1) is 11.8 Å². The van der Waals surface area contributed by atoms with Gasteiger partial charge in [0.05, 0.1) is 10.9 Å². The summed E-state index contributed by atoms with van der Waals surface area (Å²) in [6.45, 7) is 2.27. The van der Waals surface area contributed by atoms with Gasteiger partial charge in [0.25, 0.3) is 5.91 Å². The fourth-order valence-electron chi connectivity index (χ4n) is 7.77. The normalized spacial score (nSPS) is 27.0. The van der Waals surface area contributed by atoms with Gasteiger partial charge in [-0.15, -0.1) is 0 Å². The summed E-state index contributed by atoms with van der Waals surface area (Å²) in [4.78, 5) is 41.9. The Labute approximate surface area is 351 Å². The molecule has 2 fully saturated rings. The van der Waals surface area contributed by atoms with E-state index in [1.807, 2.05) is 48.8 Å². The minimum Gasteiger partial charge on any atom is -0.508 e. The standard InChI is InChI=1S/C43H45N3O12S2/c1-23(6-5-9-24-7-3-2-4-8-24)30-20-46-41(53)43(54)38(55-22-60-59-21-31(30)26-16-17-45-19-26)35(49)37(40(51)52)58-42(43)56-28-14-15-29-32(18-28)57-36(39(44)50)33(34(29)48)25-10-12-27(47)13-11-25/h2-5,7-19,23,30-31,35,37-38,41-42,45-47,49,53-54H,6,20-22H2,1H3,(H2,44,50)(H,51,52)/b9-5+/t23-,30-,31+,35-,37+,38+,41+,42-,43+/m1/s1. The van der Waals surface area contributed by atoms with Gasteiger partial charge >= 0.3 is 5.97 Å². The number of carbonyl (C=O) groups is 2. The number of carboxylic acids is 1. The molecule has 2 saturated heterocycles. The summed E-state index contributed by atoms with van der Waals surface area (Å²) in [6.07, 6.45) is -0.990. The summed E-state index contributed by atoms with van der Waals surface area (Å²) in [6, 6.07) is 21.3. The summed E-state index contributed by atoms with van der Waals surface area (Å²) in [5.41, 5.74) is 4.44. The van der Waals surface area contributed by atoms with E-state index in [1.165, 1.54) is 64.1 Å². The SMILES string of the molecule is C[C@H](C/C=C/c1ccccc1)[C@H]1CN[C@@H](O)[C@]2(O)[C@H](Oc3ccc4c(=O)c(-c5ccc(O)cc5)c(C(N)=O)oc4c3)O[C@H](C(=O)O)[C@@H](O)[C@@H]2OCSSC[C@H]1c1cc[nH]c1. The van der Waals surface area contributed by atoms with Crippen LogP contribution in [0.1, 0.15) is 40.9 Å². The Hall–Kier alpha value is -5.11. The molecule has 1 amide bonds. The van der Waals surface area contributed by atoms with Gasteiger partial charge < -0.3 is 54.9 Å². The van der Waals surface area contributed by atoms with Crippen molar-refractivity contribution in [3.63, 3.8) is 0 Å². The second-order valence-electron chi connectivity index (χ2n) is 14.8. The van der Waals surface area contributed by atoms with Gasteiger partial charge in [-0.05, 0) is 71.2 Å². The molecule has 0 aliphatic carbocycles. The van der Waals surface area contributed by atoms with E-state index in [0.29, 0.717) is 12.2 Å². The Morgan fingerprint density at radius 1 is 1.07 bits per heavy atom. The lowest BCUT2D eigenvalue weighted by molar-refractivity contribution is -0.342. The molecule has 5 aromatic rings. The molecule has 0 saturated carbocycles. The van der Waals surface area contributed by atoms with Crippen LogP contribution in [-0.2, 0) is 14.3 Å². The van der Waals surface area contributed by atoms with E-state index in [4.69, 9.17) is 24.4 Å². The quantitative estimate of drug-likeness (QED) is 0.0891. The number of nitrogens with one attached hydrogen (secondary N) is 2. The van der Waals surface area contributed by atoms with Crippen molar-refractivity contribution >= 4 is 50.5 Å². The van der Waals surface area contributed by atoms with Crippen LogP contribution in [-0.4, -0.2) is 97.1 Å². The number of fused-ring (bicyclic) bond motifs is 2. The predicted molar refractivity (Wildman–Crippen MR) is 226 cm³/mol. The minimum atomic E-state index is -2.66. The van der Waals surface area contributed by atoms with Crippen LogP contribution < -0.4 is 21.2 Å². The molecule has 2 aromatic heterocycles. The van der Waals surface area contributed by atoms with Crippen molar-refractivity contribution in [2.75, 3.05) is 18.2 Å². The van der Waals surface area contributed by atoms with E-state index in [2.05, 4.69) is 29.4 Å². The number of H-pyrrole nitrogens is 1. The number of aliphatic hydroxyl groups excluding tert-OH is 2. The van der Waals surface area contributed by atoms with E-state index in [-0.39, 0.29) is 63.8 Å². The topological polar surface area (TPSA) is 247 Å². The summed E-state index contributed by atoms with van der Waals surface area (Å²) in [7, 11) is 2.82. The molecule has 3 aromatic carbocycles. The Kier molecular flexibility index (Phi) is 13.4. The van der Waals surface area contributed by atoms with E-state index in [9.17, 15) is 39.9 Å². The number of carbonyl (C=O) groups excluding carboxylic acids is 1. The van der Waals surface area contributed by atoms with Crippen LogP contribution in [0.5, 0.6) is 11.5 Å². The highest BCUT2D eigenvalue weighted by Gasteiger charge is 2.63. The van der Waals surface area contributed by atoms with Gasteiger partial charge in [-0.25, -0.2) is 4.79 Å². The number of phenols is 1. The van der Waals surface area contributed by atoms with E-state index in [0.717, 1.165) is 11.1 Å². The maximum atomic E-state index is 13.8. The third-order valence-corrected chi connectivity index (χ3v) is 13.1. The third kappa shape index (κ3) is 8.99. The lowest BCUT2D eigenvalue weighted by Crippen LogP contribution is -2.75. The van der Waals surface area contributed by atoms with Gasteiger partial charge in [-0.2, -0.15) is 0 Å². The van der Waals surface area contributed by atoms with Crippen molar-refractivity contribution in [2.24, 2.45) is 17.6 Å². The molecule has 316 valence electrons. The van der Waals surface area contributed by atoms with Gasteiger partial charge in [-0.3, -0.25) is 14.9 Å². The van der Waals surface area contributed by atoms with Gasteiger partial charge in [0.2, 0.25) is 17.5 Å². The predicted octanol–water partition coefficient (Wildman–Crippen LogP) is 4.66. The first kappa shape index (κ1) is 43.0. The number of aromatic amines is 1. The zero-order valence-electron chi connectivity index (χ0n) is 32.2. The number of hydrogen-bond donors (Lipinski definition) is 8. The zero-order chi connectivity index (χ0) is 42.6. The first-order chi connectivity index (χ1) is 28.9. The first-order valence-electron chi connectivity index (χ1n) is 19.1. The van der Waals surface area contributed by atoms with E-state index in [1.54, 1.807) is 0 Å². The first-order valence-corrected chi connectivity index (χ1v) is 21.6. The van der Waals surface area contributed by atoms with Crippen LogP contribution in [0.3, 0.4) is 0 Å². The van der Waals surface area contributed by atoms with Gasteiger partial charge in [0.15, 0.2) is 11.7 Å². The van der Waals surface area contributed by atoms with Crippen molar-refractivity contribution in [1.29, 1.82) is 0 Å².